The fraction of sp³-hybridized carbons (Fsp3) is 0.875. The summed E-state index contributed by atoms with van der Waals surface area (Å²) in [6.07, 6.45) is 11.3. The molecule has 0 bridgehead atoms. The summed E-state index contributed by atoms with van der Waals surface area (Å²) in [7, 11) is 0. The van der Waals surface area contributed by atoms with Crippen LogP contribution < -0.4 is 0 Å². The molecule has 0 fully saturated rings. The summed E-state index contributed by atoms with van der Waals surface area (Å²) in [6, 6.07) is 0. The Labute approximate surface area is 161 Å². The van der Waals surface area contributed by atoms with Crippen LogP contribution in [0.3, 0.4) is 0 Å². The molecule has 0 heterocycles. The van der Waals surface area contributed by atoms with Crippen molar-refractivity contribution in [1.29, 1.82) is 0 Å². The van der Waals surface area contributed by atoms with Crippen LogP contribution in [-0.4, -0.2) is 25.7 Å². The molecule has 6 heteroatoms. The van der Waals surface area contributed by atoms with Gasteiger partial charge in [-0.15, -0.1) is 0 Å². The summed E-state index contributed by atoms with van der Waals surface area (Å²) in [5.41, 5.74) is 0. The monoisotopic (exact) mass is 491 g/mol. The van der Waals surface area contributed by atoms with E-state index in [1.54, 1.807) is 0 Å². The van der Waals surface area contributed by atoms with E-state index in [0.717, 1.165) is 44.9 Å². The van der Waals surface area contributed by atoms with Gasteiger partial charge in [0.2, 0.25) is 0 Å². The van der Waals surface area contributed by atoms with Crippen molar-refractivity contribution in [3.8, 4) is 0 Å². The van der Waals surface area contributed by atoms with E-state index in [9.17, 15) is 9.59 Å². The second-order valence-corrected chi connectivity index (χ2v) is 5.08. The molecule has 0 saturated carbocycles. The number of ether oxygens (including phenoxy) is 2. The van der Waals surface area contributed by atoms with E-state index in [0.29, 0.717) is 19.6 Å². The summed E-state index contributed by atoms with van der Waals surface area (Å²) < 4.78 is 9.66. The molecular formula is C16H29O4Rh2-. The second kappa shape index (κ2) is 23.5. The fourth-order valence-corrected chi connectivity index (χ4v) is 1.98. The Balaban J connectivity index is -0.00000180. The zero-order valence-corrected chi connectivity index (χ0v) is 16.8. The predicted molar refractivity (Wildman–Crippen MR) is 79.1 cm³/mol. The van der Waals surface area contributed by atoms with Crippen molar-refractivity contribution < 1.29 is 58.0 Å². The van der Waals surface area contributed by atoms with E-state index in [1.165, 1.54) is 25.7 Å². The topological polar surface area (TPSA) is 52.6 Å². The van der Waals surface area contributed by atoms with E-state index >= 15 is 0 Å². The Morgan fingerprint density at radius 2 is 1.36 bits per heavy atom. The summed E-state index contributed by atoms with van der Waals surface area (Å²) in [4.78, 5) is 21.2. The van der Waals surface area contributed by atoms with Crippen LogP contribution in [0.5, 0.6) is 0 Å². The Bertz CT molecular complexity index is 238. The molecule has 0 aliphatic carbocycles. The molecule has 0 rings (SSSR count). The number of unbranched alkanes of at least 4 members (excludes halogenated alkanes) is 8. The first-order valence-electron chi connectivity index (χ1n) is 7.95. The molecular weight excluding hydrogens is 462 g/mol. The summed E-state index contributed by atoms with van der Waals surface area (Å²) >= 11 is 0. The van der Waals surface area contributed by atoms with Gasteiger partial charge in [-0.3, -0.25) is 4.79 Å². The van der Waals surface area contributed by atoms with Crippen molar-refractivity contribution in [2.45, 2.75) is 77.6 Å². The van der Waals surface area contributed by atoms with Crippen molar-refractivity contribution >= 4 is 12.4 Å². The van der Waals surface area contributed by atoms with Crippen LogP contribution in [0.1, 0.15) is 77.6 Å². The third-order valence-electron chi connectivity index (χ3n) is 3.20. The van der Waals surface area contributed by atoms with Gasteiger partial charge in [0.25, 0.3) is 0 Å². The zero-order chi connectivity index (χ0) is 14.9. The van der Waals surface area contributed by atoms with Gasteiger partial charge in [-0.05, 0) is 19.3 Å². The van der Waals surface area contributed by atoms with Gasteiger partial charge in [0, 0.05) is 52.0 Å². The minimum atomic E-state index is -0.0700. The molecule has 0 saturated heterocycles. The molecule has 0 atom stereocenters. The van der Waals surface area contributed by atoms with Crippen molar-refractivity contribution in [2.24, 2.45) is 0 Å². The minimum Gasteiger partial charge on any atom is -0.653 e. The van der Waals surface area contributed by atoms with E-state index in [1.807, 2.05) is 0 Å². The standard InChI is InChI=1S/C16H29O4.2Rh/c1-2-3-4-7-11-14-20-16(18)12-9-6-5-8-10-13-19-15-17;;/h2-14H2,1H3;;/q-1;;. The summed E-state index contributed by atoms with van der Waals surface area (Å²) in [5, 5.41) is 0. The minimum absolute atomic E-state index is 0. The molecule has 0 aromatic carbocycles. The van der Waals surface area contributed by atoms with Gasteiger partial charge in [0.05, 0.1) is 6.61 Å². The molecule has 22 heavy (non-hydrogen) atoms. The van der Waals surface area contributed by atoms with Crippen LogP contribution in [0.25, 0.3) is 0 Å². The molecule has 0 aromatic heterocycles. The molecule has 0 N–H and O–H groups in total. The molecule has 4 nitrogen and oxygen atoms in total. The SMILES string of the molecule is CCCCCCCOC(=O)CCCCCCCO[C-]=O.[Rh].[Rh]. The maximum absolute atomic E-state index is 11.4. The molecule has 0 amide bonds. The quantitative estimate of drug-likeness (QED) is 0.151. The van der Waals surface area contributed by atoms with Crippen LogP contribution >= 0.6 is 0 Å². The van der Waals surface area contributed by atoms with Gasteiger partial charge in [-0.1, -0.05) is 58.3 Å². The van der Waals surface area contributed by atoms with E-state index < -0.39 is 0 Å². The number of carbonyl (C=O) groups is 1. The van der Waals surface area contributed by atoms with Gasteiger partial charge in [0.1, 0.15) is 0 Å². The summed E-state index contributed by atoms with van der Waals surface area (Å²) in [6.45, 7) is 4.62. The number of esters is 1. The molecule has 0 unspecified atom stereocenters. The Kier molecular flexibility index (Phi) is 28.8. The van der Waals surface area contributed by atoms with Gasteiger partial charge >= 0.3 is 5.97 Å². The van der Waals surface area contributed by atoms with Crippen LogP contribution in [0.2, 0.25) is 0 Å². The summed E-state index contributed by atoms with van der Waals surface area (Å²) in [5.74, 6) is -0.0700. The molecule has 0 aliphatic rings. The largest absolute Gasteiger partial charge is 0.653 e. The average molecular weight is 491 g/mol. The first kappa shape index (κ1) is 27.1. The number of hydrogen-bond donors (Lipinski definition) is 0. The van der Waals surface area contributed by atoms with Crippen molar-refractivity contribution in [3.63, 3.8) is 0 Å². The number of rotatable bonds is 15. The third kappa shape index (κ3) is 22.5. The molecule has 0 aliphatic heterocycles. The second-order valence-electron chi connectivity index (χ2n) is 5.08. The number of carbonyl (C=O) groups excluding carboxylic acids is 2. The smallest absolute Gasteiger partial charge is 0.305 e. The zero-order valence-electron chi connectivity index (χ0n) is 13.5. The maximum Gasteiger partial charge on any atom is 0.305 e. The van der Waals surface area contributed by atoms with Crippen molar-refractivity contribution in [2.75, 3.05) is 13.2 Å². The van der Waals surface area contributed by atoms with E-state index in [-0.39, 0.29) is 44.9 Å². The van der Waals surface area contributed by atoms with Crippen LogP contribution in [-0.2, 0) is 58.0 Å². The van der Waals surface area contributed by atoms with Crippen molar-refractivity contribution in [3.05, 3.63) is 0 Å². The van der Waals surface area contributed by atoms with Gasteiger partial charge < -0.3 is 14.3 Å². The predicted octanol–water partition coefficient (Wildman–Crippen LogP) is 3.92. The number of hydrogen-bond acceptors (Lipinski definition) is 4. The van der Waals surface area contributed by atoms with Gasteiger partial charge in [-0.25, -0.2) is 0 Å². The molecule has 0 aromatic rings. The average Bonchev–Trinajstić information content (AvgIpc) is 2.45. The first-order valence-corrected chi connectivity index (χ1v) is 7.95. The van der Waals surface area contributed by atoms with Crippen molar-refractivity contribution in [1.82, 2.24) is 0 Å². The Morgan fingerprint density at radius 3 is 2.00 bits per heavy atom. The van der Waals surface area contributed by atoms with Gasteiger partial charge in [0.15, 0.2) is 0 Å². The Morgan fingerprint density at radius 1 is 0.818 bits per heavy atom. The van der Waals surface area contributed by atoms with E-state index in [4.69, 9.17) is 4.74 Å². The van der Waals surface area contributed by atoms with Crippen LogP contribution in [0, 0.1) is 0 Å². The van der Waals surface area contributed by atoms with Gasteiger partial charge in [-0.2, -0.15) is 0 Å². The maximum atomic E-state index is 11.4. The van der Waals surface area contributed by atoms with Crippen LogP contribution in [0.15, 0.2) is 0 Å². The molecule has 2 radical (unpaired) electrons. The molecule has 0 spiro atoms. The first-order chi connectivity index (χ1) is 9.81. The Hall–Kier alpha value is 0.187. The fourth-order valence-electron chi connectivity index (χ4n) is 1.98. The molecule has 136 valence electrons. The van der Waals surface area contributed by atoms with E-state index in [2.05, 4.69) is 11.7 Å². The normalized spacial score (nSPS) is 9.32. The third-order valence-corrected chi connectivity index (χ3v) is 3.20. The van der Waals surface area contributed by atoms with Crippen LogP contribution in [0.4, 0.5) is 0 Å².